The zero-order chi connectivity index (χ0) is 58.3. The van der Waals surface area contributed by atoms with E-state index in [-0.39, 0.29) is 55.9 Å². The topological polar surface area (TPSA) is 292 Å². The molecule has 2 aromatic carbocycles. The molecule has 6 rings (SSSR count). The molecule has 3 aromatic rings. The summed E-state index contributed by atoms with van der Waals surface area (Å²) in [6.45, 7) is 17.0. The van der Waals surface area contributed by atoms with Gasteiger partial charge in [-0.1, -0.05) is 38.1 Å². The van der Waals surface area contributed by atoms with Gasteiger partial charge in [0.2, 0.25) is 0 Å². The number of nitrogens with zero attached hydrogens (tertiary/aromatic N) is 5. The molecule has 25 heteroatoms. The molecule has 1 aliphatic carbocycles. The third-order valence-corrected chi connectivity index (χ3v) is 19.3. The zero-order valence-corrected chi connectivity index (χ0v) is 50.0. The second-order valence-corrected chi connectivity index (χ2v) is 28.6. The number of aromatic nitrogens is 1. The first-order chi connectivity index (χ1) is 36.8. The summed E-state index contributed by atoms with van der Waals surface area (Å²) < 4.78 is 158. The highest BCUT2D eigenvalue weighted by molar-refractivity contribution is 7.86. The quantitative estimate of drug-likeness (QED) is 0.0239. The number of hydrogen-bond acceptors (Lipinski definition) is 15. The number of hydrogen-bond donors (Lipinski definition) is 4. The van der Waals surface area contributed by atoms with E-state index >= 15 is 0 Å². The summed E-state index contributed by atoms with van der Waals surface area (Å²) in [5.41, 5.74) is 4.69. The Morgan fingerprint density at radius 2 is 1.42 bits per heavy atom. The Morgan fingerprint density at radius 1 is 0.772 bits per heavy atom. The van der Waals surface area contributed by atoms with E-state index in [0.29, 0.717) is 78.7 Å². The molecule has 1 atom stereocenters. The van der Waals surface area contributed by atoms with Crippen molar-refractivity contribution >= 4 is 71.8 Å². The smallest absolute Gasteiger partial charge is 0.327 e. The van der Waals surface area contributed by atoms with Crippen molar-refractivity contribution in [2.75, 3.05) is 42.8 Å². The minimum absolute atomic E-state index is 0.0372. The lowest BCUT2D eigenvalue weighted by molar-refractivity contribution is -0.686. The molecule has 0 saturated carbocycles. The van der Waals surface area contributed by atoms with E-state index < -0.39 is 76.2 Å². The molecule has 0 spiro atoms. The Morgan fingerprint density at radius 3 is 2.06 bits per heavy atom. The van der Waals surface area contributed by atoms with Crippen LogP contribution in [0.1, 0.15) is 123 Å². The predicted molar refractivity (Wildman–Crippen MR) is 304 cm³/mol. The van der Waals surface area contributed by atoms with Crippen LogP contribution in [0, 0.1) is 11.3 Å². The number of aryl methyl sites for hydroxylation is 1. The van der Waals surface area contributed by atoms with Crippen molar-refractivity contribution in [3.05, 3.63) is 113 Å². The monoisotopic (exact) mass is 1190 g/mol. The van der Waals surface area contributed by atoms with Gasteiger partial charge in [-0.3, -0.25) is 18.2 Å². The lowest BCUT2D eigenvalue weighted by Crippen LogP contribution is -2.37. The SMILES string of the molecule is CC(C)N(C(C)C)P(OCCC#N)OCCCCOc1cccc(C2=C(/C=C/C3=Nc4c(cc(S(=O)(=O)O)c[n+]4CCCS(=O)(=O)O)C3(C)C)CCC/C2=C\C=C2\N(CCCS(=O)(=O)O)c3ccc(S(=O)(=O)O)cc3C2(C)C)c1. The molecule has 1 aromatic heterocycles. The lowest BCUT2D eigenvalue weighted by atomic mass is 9.80. The molecule has 3 heterocycles. The Kier molecular flexibility index (Phi) is 20.9. The number of fused-ring (bicyclic) bond motifs is 2. The molecule has 0 amide bonds. The van der Waals surface area contributed by atoms with E-state index in [0.717, 1.165) is 28.7 Å². The standard InChI is InChI=1S/C54H72N5O15PS4/c1-38(2)59(39(3)4)75(74-31-13-26-55)73-30-10-9-29-72-43-19-12-18-42(34-43)51-40(20-24-49-53(5,6)47-36-45(79(69,70)71)37-57(52(47)56-49)27-14-32-76(60,61)62)16-11-17-41(51)21-25-50-54(7,8)46-35-44(78(66,67)68)22-23-48(46)58(50)28-15-33-77(63,64)65/h12,18-25,34-39H,9-11,13-17,27-33H2,1-8H3,(H3-,60,61,62,63,64,65,66,67,68,69,70,71)/p+1. The number of unbranched alkanes of at least 4 members (excludes halogenated alkanes) is 1. The number of allylic oxidation sites excluding steroid dienone is 8. The molecular weight excluding hydrogens is 1120 g/mol. The number of rotatable bonds is 27. The van der Waals surface area contributed by atoms with Crippen LogP contribution in [0.5, 0.6) is 5.75 Å². The normalized spacial score (nSPS) is 18.1. The van der Waals surface area contributed by atoms with Gasteiger partial charge in [-0.15, -0.1) is 0 Å². The maximum atomic E-state index is 12.5. The molecular formula is C54H73N5O15PS4+. The van der Waals surface area contributed by atoms with Gasteiger partial charge in [0.25, 0.3) is 49.0 Å². The van der Waals surface area contributed by atoms with Crippen LogP contribution in [-0.4, -0.2) is 112 Å². The molecule has 0 bridgehead atoms. The second kappa shape index (κ2) is 26.0. The molecule has 0 radical (unpaired) electrons. The molecule has 0 fully saturated rings. The highest BCUT2D eigenvalue weighted by Crippen LogP contribution is 2.50. The Hall–Kier alpha value is -4.74. The van der Waals surface area contributed by atoms with Crippen LogP contribution in [0.2, 0.25) is 0 Å². The van der Waals surface area contributed by atoms with E-state index in [1.807, 2.05) is 81.2 Å². The Bertz CT molecular complexity index is 3410. The van der Waals surface area contributed by atoms with Crippen molar-refractivity contribution in [1.29, 1.82) is 5.26 Å². The van der Waals surface area contributed by atoms with Crippen molar-refractivity contribution in [2.45, 2.75) is 146 Å². The van der Waals surface area contributed by atoms with Crippen molar-refractivity contribution in [1.82, 2.24) is 4.67 Å². The summed E-state index contributed by atoms with van der Waals surface area (Å²) in [5, 5.41) is 9.10. The number of anilines is 1. The van der Waals surface area contributed by atoms with E-state index in [1.54, 1.807) is 6.07 Å². The molecule has 2 aliphatic heterocycles. The number of pyridine rings is 1. The molecule has 20 nitrogen and oxygen atoms in total. The summed E-state index contributed by atoms with van der Waals surface area (Å²) in [4.78, 5) is 6.15. The fourth-order valence-electron chi connectivity index (χ4n) is 10.1. The van der Waals surface area contributed by atoms with Crippen molar-refractivity contribution < 1.29 is 70.2 Å². The number of nitriles is 1. The molecule has 432 valence electrons. The summed E-state index contributed by atoms with van der Waals surface area (Å²) in [7, 11) is -19.3. The third kappa shape index (κ3) is 16.5. The average molecular weight is 1190 g/mol. The highest BCUT2D eigenvalue weighted by Gasteiger charge is 2.44. The second-order valence-electron chi connectivity index (χ2n) is 21.2. The first-order valence-corrected chi connectivity index (χ1v) is 33.3. The number of benzene rings is 2. The van der Waals surface area contributed by atoms with Crippen molar-refractivity contribution in [3.8, 4) is 11.8 Å². The van der Waals surface area contributed by atoms with E-state index in [9.17, 15) is 51.9 Å². The van der Waals surface area contributed by atoms with Gasteiger partial charge in [0.15, 0.2) is 5.71 Å². The lowest BCUT2D eigenvalue weighted by Gasteiger charge is -2.35. The van der Waals surface area contributed by atoms with Crippen LogP contribution in [-0.2, 0) is 66.9 Å². The number of ether oxygens (including phenoxy) is 1. The van der Waals surface area contributed by atoms with Gasteiger partial charge in [-0.25, -0.2) is 9.24 Å². The minimum atomic E-state index is -4.70. The summed E-state index contributed by atoms with van der Waals surface area (Å²) in [5.74, 6) is -0.122. The summed E-state index contributed by atoms with van der Waals surface area (Å²) >= 11 is 0. The van der Waals surface area contributed by atoms with Crippen LogP contribution in [0.15, 0.2) is 111 Å². The van der Waals surface area contributed by atoms with Gasteiger partial charge >= 0.3 is 5.82 Å². The van der Waals surface area contributed by atoms with Crippen LogP contribution in [0.4, 0.5) is 11.5 Å². The van der Waals surface area contributed by atoms with Gasteiger partial charge < -0.3 is 18.7 Å². The van der Waals surface area contributed by atoms with Gasteiger partial charge in [-0.2, -0.15) is 38.9 Å². The van der Waals surface area contributed by atoms with Gasteiger partial charge in [0.1, 0.15) is 16.8 Å². The molecule has 4 N–H and O–H groups in total. The molecule has 1 unspecified atom stereocenters. The van der Waals surface area contributed by atoms with Gasteiger partial charge in [0, 0.05) is 41.8 Å². The first kappa shape index (κ1) is 63.4. The first-order valence-electron chi connectivity index (χ1n) is 26.1. The Balaban J connectivity index is 1.40. The van der Waals surface area contributed by atoms with Crippen molar-refractivity contribution in [2.24, 2.45) is 4.99 Å². The fraction of sp³-hybridized carbons (Fsp3) is 0.500. The van der Waals surface area contributed by atoms with Crippen LogP contribution < -0.4 is 14.2 Å². The average Bonchev–Trinajstić information content (AvgIpc) is 3.95. The molecule has 3 aliphatic rings. The maximum Gasteiger partial charge on any atom is 0.327 e. The number of aliphatic imine (C=N–C) groups is 1. The van der Waals surface area contributed by atoms with Crippen molar-refractivity contribution in [3.63, 3.8) is 0 Å². The largest absolute Gasteiger partial charge is 0.494 e. The molecule has 79 heavy (non-hydrogen) atoms. The summed E-state index contributed by atoms with van der Waals surface area (Å²) in [6.07, 6.45) is 12.5. The summed E-state index contributed by atoms with van der Waals surface area (Å²) in [6, 6.07) is 15.8. The van der Waals surface area contributed by atoms with E-state index in [4.69, 9.17) is 24.0 Å². The maximum absolute atomic E-state index is 12.5. The minimum Gasteiger partial charge on any atom is -0.494 e. The fourth-order valence-corrected chi connectivity index (χ4v) is 13.8. The van der Waals surface area contributed by atoms with Gasteiger partial charge in [0.05, 0.1) is 66.2 Å². The van der Waals surface area contributed by atoms with Crippen LogP contribution in [0.25, 0.3) is 5.57 Å². The zero-order valence-electron chi connectivity index (χ0n) is 45.9. The van der Waals surface area contributed by atoms with Gasteiger partial charge in [-0.05, 0) is 161 Å². The predicted octanol–water partition coefficient (Wildman–Crippen LogP) is 9.64. The van der Waals surface area contributed by atoms with Crippen LogP contribution >= 0.6 is 8.53 Å². The Labute approximate surface area is 467 Å². The third-order valence-electron chi connectivity index (χ3n) is 13.9. The highest BCUT2D eigenvalue weighted by atomic mass is 32.2. The van der Waals surface area contributed by atoms with E-state index in [1.165, 1.54) is 29.0 Å². The van der Waals surface area contributed by atoms with E-state index in [2.05, 4.69) is 38.4 Å². The molecule has 0 saturated heterocycles. The van der Waals surface area contributed by atoms with Crippen LogP contribution in [0.3, 0.4) is 0 Å².